The predicted molar refractivity (Wildman–Crippen MR) is 67.5 cm³/mol. The van der Waals surface area contributed by atoms with Crippen LogP contribution in [0.15, 0.2) is 29.4 Å². The number of H-pyrrole nitrogens is 1. The van der Waals surface area contributed by atoms with E-state index in [2.05, 4.69) is 19.9 Å². The molecule has 0 bridgehead atoms. The summed E-state index contributed by atoms with van der Waals surface area (Å²) in [5, 5.41) is 15.4. The van der Waals surface area contributed by atoms with E-state index in [1.54, 1.807) is 19.1 Å². The first-order valence-corrected chi connectivity index (χ1v) is 7.06. The van der Waals surface area contributed by atoms with Crippen molar-refractivity contribution in [1.29, 1.82) is 0 Å². The quantitative estimate of drug-likeness (QED) is 0.720. The number of hydrogen-bond acceptors (Lipinski definition) is 5. The minimum Gasteiger partial charge on any atom is -0.392 e. The highest BCUT2D eigenvalue weighted by Crippen LogP contribution is 2.18. The number of benzene rings is 1. The molecule has 0 unspecified atom stereocenters. The number of aromatic nitrogens is 3. The Morgan fingerprint density at radius 3 is 2.84 bits per heavy atom. The number of hydrogen-bond donors (Lipinski definition) is 3. The first-order valence-electron chi connectivity index (χ1n) is 5.58. The molecule has 8 heteroatoms. The molecule has 0 radical (unpaired) electrons. The molecular formula is C11H14N4O3S. The second kappa shape index (κ2) is 5.47. The summed E-state index contributed by atoms with van der Waals surface area (Å²) in [4.78, 5) is 3.99. The fraction of sp³-hybridized carbons (Fsp3) is 0.273. The van der Waals surface area contributed by atoms with Gasteiger partial charge in [0.2, 0.25) is 10.0 Å². The molecule has 0 amide bonds. The van der Waals surface area contributed by atoms with Gasteiger partial charge in [-0.15, -0.1) is 0 Å². The Balaban J connectivity index is 2.24. The van der Waals surface area contributed by atoms with E-state index in [-0.39, 0.29) is 18.0 Å². The Kier molecular flexibility index (Phi) is 3.93. The fourth-order valence-electron chi connectivity index (χ4n) is 1.68. The van der Waals surface area contributed by atoms with E-state index in [9.17, 15) is 8.42 Å². The van der Waals surface area contributed by atoms with Crippen LogP contribution in [0.2, 0.25) is 0 Å². The molecule has 1 aromatic carbocycles. The number of aromatic amines is 1. The van der Waals surface area contributed by atoms with Crippen LogP contribution in [0.1, 0.15) is 17.0 Å². The molecule has 1 aromatic heterocycles. The molecule has 0 spiro atoms. The van der Waals surface area contributed by atoms with Crippen LogP contribution in [-0.2, 0) is 23.2 Å². The van der Waals surface area contributed by atoms with Crippen LogP contribution in [0, 0.1) is 6.92 Å². The average molecular weight is 282 g/mol. The van der Waals surface area contributed by atoms with E-state index in [0.29, 0.717) is 17.0 Å². The monoisotopic (exact) mass is 282 g/mol. The lowest BCUT2D eigenvalue weighted by molar-refractivity contribution is 0.280. The van der Waals surface area contributed by atoms with Gasteiger partial charge < -0.3 is 5.11 Å². The smallest absolute Gasteiger partial charge is 0.241 e. The van der Waals surface area contributed by atoms with Crippen LogP contribution in [0.25, 0.3) is 0 Å². The van der Waals surface area contributed by atoms with Crippen LogP contribution >= 0.6 is 0 Å². The zero-order valence-electron chi connectivity index (χ0n) is 10.3. The molecule has 3 N–H and O–H groups in total. The van der Waals surface area contributed by atoms with E-state index in [4.69, 9.17) is 5.11 Å². The zero-order valence-corrected chi connectivity index (χ0v) is 11.1. The van der Waals surface area contributed by atoms with Crippen molar-refractivity contribution in [2.45, 2.75) is 25.0 Å². The van der Waals surface area contributed by atoms with Crippen LogP contribution in [0.5, 0.6) is 0 Å². The Labute approximate surface area is 110 Å². The van der Waals surface area contributed by atoms with E-state index < -0.39 is 10.0 Å². The molecule has 2 aromatic rings. The standard InChI is InChI=1S/C11H14N4O3S/c1-8-9(6-16)3-2-4-10(8)19(17,18)14-5-11-12-7-13-15-11/h2-4,7,14,16H,5-6H2,1H3,(H,12,13,15). The highest BCUT2D eigenvalue weighted by Gasteiger charge is 2.18. The van der Waals surface area contributed by atoms with Gasteiger partial charge in [0, 0.05) is 0 Å². The number of nitrogens with zero attached hydrogens (tertiary/aromatic N) is 2. The third-order valence-electron chi connectivity index (χ3n) is 2.75. The van der Waals surface area contributed by atoms with E-state index in [0.717, 1.165) is 0 Å². The summed E-state index contributed by atoms with van der Waals surface area (Å²) in [5.41, 5.74) is 1.12. The van der Waals surface area contributed by atoms with Gasteiger partial charge in [0.25, 0.3) is 0 Å². The lowest BCUT2D eigenvalue weighted by Gasteiger charge is -2.10. The molecule has 0 aliphatic heterocycles. The zero-order chi connectivity index (χ0) is 13.9. The Bertz CT molecular complexity index is 653. The van der Waals surface area contributed by atoms with E-state index >= 15 is 0 Å². The minimum atomic E-state index is -3.65. The molecule has 0 saturated carbocycles. The molecule has 1 heterocycles. The van der Waals surface area contributed by atoms with Crippen molar-refractivity contribution in [2.24, 2.45) is 0 Å². The normalized spacial score (nSPS) is 11.7. The van der Waals surface area contributed by atoms with E-state index in [1.807, 2.05) is 0 Å². The van der Waals surface area contributed by atoms with Gasteiger partial charge in [-0.05, 0) is 24.1 Å². The Morgan fingerprint density at radius 2 is 2.21 bits per heavy atom. The third kappa shape index (κ3) is 2.98. The van der Waals surface area contributed by atoms with Crippen molar-refractivity contribution < 1.29 is 13.5 Å². The number of sulfonamides is 1. The Hall–Kier alpha value is -1.77. The second-order valence-electron chi connectivity index (χ2n) is 3.96. The van der Waals surface area contributed by atoms with Crippen LogP contribution in [0.4, 0.5) is 0 Å². The fourth-order valence-corrected chi connectivity index (χ4v) is 2.95. The largest absolute Gasteiger partial charge is 0.392 e. The summed E-state index contributed by atoms with van der Waals surface area (Å²) in [6.45, 7) is 1.50. The lowest BCUT2D eigenvalue weighted by Crippen LogP contribution is -2.24. The number of aliphatic hydroxyl groups excluding tert-OH is 1. The summed E-state index contributed by atoms with van der Waals surface area (Å²) in [6, 6.07) is 4.78. The summed E-state index contributed by atoms with van der Waals surface area (Å²) >= 11 is 0. The second-order valence-corrected chi connectivity index (χ2v) is 5.69. The molecule has 0 aliphatic carbocycles. The maximum Gasteiger partial charge on any atom is 0.241 e. The molecule has 0 saturated heterocycles. The average Bonchev–Trinajstić information content (AvgIpc) is 2.90. The maximum absolute atomic E-state index is 12.2. The van der Waals surface area contributed by atoms with Gasteiger partial charge in [-0.25, -0.2) is 18.1 Å². The van der Waals surface area contributed by atoms with Gasteiger partial charge in [-0.3, -0.25) is 5.10 Å². The van der Waals surface area contributed by atoms with Gasteiger partial charge in [0.05, 0.1) is 18.0 Å². The lowest BCUT2D eigenvalue weighted by atomic mass is 10.1. The molecule has 0 fully saturated rings. The van der Waals surface area contributed by atoms with Crippen LogP contribution in [0.3, 0.4) is 0 Å². The highest BCUT2D eigenvalue weighted by molar-refractivity contribution is 7.89. The number of nitrogens with one attached hydrogen (secondary N) is 2. The predicted octanol–water partition coefficient (Wildman–Crippen LogP) is 0.0839. The summed E-state index contributed by atoms with van der Waals surface area (Å²) in [7, 11) is -3.65. The van der Waals surface area contributed by atoms with Crippen molar-refractivity contribution in [1.82, 2.24) is 19.9 Å². The Morgan fingerprint density at radius 1 is 1.42 bits per heavy atom. The van der Waals surface area contributed by atoms with Crippen LogP contribution in [-0.4, -0.2) is 28.7 Å². The van der Waals surface area contributed by atoms with Crippen molar-refractivity contribution in [3.63, 3.8) is 0 Å². The highest BCUT2D eigenvalue weighted by atomic mass is 32.2. The number of aliphatic hydroxyl groups is 1. The maximum atomic E-state index is 12.2. The van der Waals surface area contributed by atoms with Crippen molar-refractivity contribution in [2.75, 3.05) is 0 Å². The molecule has 0 aliphatic rings. The molecule has 0 atom stereocenters. The molecule has 7 nitrogen and oxygen atoms in total. The van der Waals surface area contributed by atoms with Gasteiger partial charge in [-0.2, -0.15) is 5.10 Å². The first-order chi connectivity index (χ1) is 9.04. The number of rotatable bonds is 5. The SMILES string of the molecule is Cc1c(CO)cccc1S(=O)(=O)NCc1ncn[nH]1. The van der Waals surface area contributed by atoms with Crippen molar-refractivity contribution in [3.8, 4) is 0 Å². The first kappa shape index (κ1) is 13.7. The minimum absolute atomic E-state index is 0.0329. The van der Waals surface area contributed by atoms with Gasteiger partial charge in [0.15, 0.2) is 0 Å². The van der Waals surface area contributed by atoms with Gasteiger partial charge in [0.1, 0.15) is 12.2 Å². The molecule has 102 valence electrons. The van der Waals surface area contributed by atoms with Gasteiger partial charge >= 0.3 is 0 Å². The van der Waals surface area contributed by atoms with Gasteiger partial charge in [-0.1, -0.05) is 12.1 Å². The molecule has 2 rings (SSSR count). The molecular weight excluding hydrogens is 268 g/mol. The van der Waals surface area contributed by atoms with Crippen molar-refractivity contribution in [3.05, 3.63) is 41.5 Å². The summed E-state index contributed by atoms with van der Waals surface area (Å²) in [6.07, 6.45) is 1.31. The van der Waals surface area contributed by atoms with Crippen LogP contribution < -0.4 is 4.72 Å². The summed E-state index contributed by atoms with van der Waals surface area (Å²) < 4.78 is 26.7. The van der Waals surface area contributed by atoms with Crippen molar-refractivity contribution >= 4 is 10.0 Å². The van der Waals surface area contributed by atoms with E-state index in [1.165, 1.54) is 12.4 Å². The molecule has 19 heavy (non-hydrogen) atoms. The third-order valence-corrected chi connectivity index (χ3v) is 4.30. The summed E-state index contributed by atoms with van der Waals surface area (Å²) in [5.74, 6) is 0.430. The topological polar surface area (TPSA) is 108 Å².